The highest BCUT2D eigenvalue weighted by Gasteiger charge is 2.45. The molecule has 1 aliphatic heterocycles. The van der Waals surface area contributed by atoms with Crippen LogP contribution in [0.1, 0.15) is 73.6 Å². The largest absolute Gasteiger partial charge is 0.506 e. The van der Waals surface area contributed by atoms with E-state index in [1.165, 1.54) is 23.1 Å². The molecule has 9 heteroatoms. The van der Waals surface area contributed by atoms with Crippen LogP contribution in [0.2, 0.25) is 0 Å². The average Bonchev–Trinajstić information content (AvgIpc) is 2.79. The predicted octanol–water partition coefficient (Wildman–Crippen LogP) is 3.58. The molecule has 34 heavy (non-hydrogen) atoms. The number of aliphatic hydroxyl groups is 4. The van der Waals surface area contributed by atoms with Crippen molar-refractivity contribution >= 4 is 6.03 Å². The molecule has 0 aliphatic carbocycles. The lowest BCUT2D eigenvalue weighted by atomic mass is 10.0. The van der Waals surface area contributed by atoms with E-state index in [-0.39, 0.29) is 30.7 Å². The molecule has 0 radical (unpaired) electrons. The Morgan fingerprint density at radius 1 is 1.03 bits per heavy atom. The molecule has 0 spiro atoms. The van der Waals surface area contributed by atoms with Gasteiger partial charge in [-0.25, -0.2) is 4.79 Å². The maximum absolute atomic E-state index is 13.4. The Hall–Kier alpha value is -1.81. The van der Waals surface area contributed by atoms with E-state index in [0.29, 0.717) is 12.8 Å². The molecule has 6 atom stereocenters. The summed E-state index contributed by atoms with van der Waals surface area (Å²) in [5.41, 5.74) is 0.937. The van der Waals surface area contributed by atoms with Gasteiger partial charge in [-0.15, -0.1) is 0 Å². The first-order valence-electron chi connectivity index (χ1n) is 12.5. The van der Waals surface area contributed by atoms with E-state index in [4.69, 9.17) is 4.74 Å². The molecule has 1 heterocycles. The summed E-state index contributed by atoms with van der Waals surface area (Å²) in [4.78, 5) is 17.2. The van der Waals surface area contributed by atoms with Crippen LogP contribution in [0, 0.1) is 11.8 Å². The van der Waals surface area contributed by atoms with Gasteiger partial charge in [0.25, 0.3) is 0 Å². The zero-order valence-electron chi connectivity index (χ0n) is 22.0. The number of methoxy groups -OCH3 is 1. The number of ether oxygens (including phenoxy) is 1. The molecular weight excluding hydrogens is 438 g/mol. The van der Waals surface area contributed by atoms with Gasteiger partial charge < -0.3 is 25.2 Å². The van der Waals surface area contributed by atoms with Crippen LogP contribution in [-0.2, 0) is 4.74 Å². The number of rotatable bonds is 14. The Balaban J connectivity index is 3.31. The fourth-order valence-electron chi connectivity index (χ4n) is 3.92. The number of carbonyl (C=O) groups excluding carboxylic acids is 1. The molecule has 1 fully saturated rings. The van der Waals surface area contributed by atoms with Gasteiger partial charge in [0.2, 0.25) is 12.7 Å². The molecule has 1 rings (SSSR count). The third-order valence-corrected chi connectivity index (χ3v) is 6.56. The van der Waals surface area contributed by atoms with Gasteiger partial charge in [-0.3, -0.25) is 14.7 Å². The summed E-state index contributed by atoms with van der Waals surface area (Å²) in [6.45, 7) is 11.9. The van der Waals surface area contributed by atoms with Crippen LogP contribution in [-0.4, -0.2) is 86.3 Å². The van der Waals surface area contributed by atoms with E-state index in [2.05, 4.69) is 0 Å². The van der Waals surface area contributed by atoms with Gasteiger partial charge in [0.05, 0.1) is 25.3 Å². The third kappa shape index (κ3) is 8.76. The zero-order chi connectivity index (χ0) is 26.0. The third-order valence-electron chi connectivity index (χ3n) is 6.56. The quantitative estimate of drug-likeness (QED) is 0.219. The summed E-state index contributed by atoms with van der Waals surface area (Å²) in [7, 11) is 1.40. The second-order valence-corrected chi connectivity index (χ2v) is 9.65. The molecule has 9 nitrogen and oxygen atoms in total. The number of nitrogens with zero attached hydrogens (tertiary/aromatic N) is 3. The number of β-amino-alcohol motifs (C(OH)–C–C–N with tert-alkyl or cyclic N) is 2. The lowest BCUT2D eigenvalue weighted by molar-refractivity contribution is -0.224. The minimum atomic E-state index is -1.47. The molecule has 0 aromatic heterocycles. The van der Waals surface area contributed by atoms with Crippen molar-refractivity contribution in [1.29, 1.82) is 0 Å². The van der Waals surface area contributed by atoms with E-state index in [1.54, 1.807) is 6.08 Å². The minimum absolute atomic E-state index is 0.0126. The number of hydrogen-bond acceptors (Lipinski definition) is 7. The van der Waals surface area contributed by atoms with Gasteiger partial charge in [-0.2, -0.15) is 0 Å². The zero-order valence-corrected chi connectivity index (χ0v) is 22.0. The van der Waals surface area contributed by atoms with Crippen molar-refractivity contribution in [2.75, 3.05) is 20.2 Å². The van der Waals surface area contributed by atoms with Crippen molar-refractivity contribution in [1.82, 2.24) is 14.7 Å². The van der Waals surface area contributed by atoms with Crippen LogP contribution in [0.4, 0.5) is 4.79 Å². The topological polar surface area (TPSA) is 117 Å². The Labute approximate surface area is 205 Å². The van der Waals surface area contributed by atoms with E-state index in [0.717, 1.165) is 29.7 Å². The van der Waals surface area contributed by atoms with Crippen molar-refractivity contribution in [3.8, 4) is 0 Å². The molecule has 0 saturated carbocycles. The minimum Gasteiger partial charge on any atom is -0.506 e. The van der Waals surface area contributed by atoms with Crippen LogP contribution < -0.4 is 0 Å². The van der Waals surface area contributed by atoms with E-state index in [1.807, 2.05) is 41.5 Å². The van der Waals surface area contributed by atoms with E-state index < -0.39 is 30.9 Å². The molecule has 2 amide bonds. The lowest BCUT2D eigenvalue weighted by Gasteiger charge is -2.50. The van der Waals surface area contributed by atoms with Crippen LogP contribution in [0.25, 0.3) is 0 Å². The fraction of sp³-hybridized carbons (Fsp3) is 0.800. The maximum atomic E-state index is 13.4. The summed E-state index contributed by atoms with van der Waals surface area (Å²) in [5, 5.41) is 42.9. The number of allylic oxidation sites excluding steroid dienone is 2. The first-order valence-corrected chi connectivity index (χ1v) is 12.5. The number of carbonyl (C=O) groups is 1. The molecule has 4 N–H and O–H groups in total. The summed E-state index contributed by atoms with van der Waals surface area (Å²) < 4.78 is 5.55. The summed E-state index contributed by atoms with van der Waals surface area (Å²) >= 11 is 0. The summed E-state index contributed by atoms with van der Waals surface area (Å²) in [6.07, 6.45) is 2.30. The Morgan fingerprint density at radius 3 is 1.97 bits per heavy atom. The van der Waals surface area contributed by atoms with Crippen LogP contribution in [0.15, 0.2) is 23.6 Å². The highest BCUT2D eigenvalue weighted by Crippen LogP contribution is 2.26. The second kappa shape index (κ2) is 14.6. The second-order valence-electron chi connectivity index (χ2n) is 9.65. The van der Waals surface area contributed by atoms with Gasteiger partial charge in [0, 0.05) is 13.3 Å². The van der Waals surface area contributed by atoms with Gasteiger partial charge in [-0.05, 0) is 44.1 Å². The Kier molecular flexibility index (Phi) is 12.9. The molecule has 0 aromatic rings. The van der Waals surface area contributed by atoms with E-state index in [9.17, 15) is 25.2 Å². The molecule has 1 saturated heterocycles. The highest BCUT2D eigenvalue weighted by atomic mass is 16.5. The highest BCUT2D eigenvalue weighted by molar-refractivity contribution is 5.75. The van der Waals surface area contributed by atoms with Crippen LogP contribution in [0.3, 0.4) is 0 Å². The molecule has 0 aromatic carbocycles. The number of urea groups is 1. The van der Waals surface area contributed by atoms with Crippen molar-refractivity contribution in [3.63, 3.8) is 0 Å². The van der Waals surface area contributed by atoms with Crippen molar-refractivity contribution in [2.24, 2.45) is 11.8 Å². The maximum Gasteiger partial charge on any atom is 0.327 e. The first-order chi connectivity index (χ1) is 16.0. The molecule has 1 aliphatic rings. The lowest BCUT2D eigenvalue weighted by Crippen LogP contribution is -2.69. The molecular formula is C25H47N3O6. The van der Waals surface area contributed by atoms with Crippen molar-refractivity contribution in [2.45, 2.75) is 98.6 Å². The van der Waals surface area contributed by atoms with Gasteiger partial charge in [0.15, 0.2) is 0 Å². The van der Waals surface area contributed by atoms with Crippen LogP contribution >= 0.6 is 0 Å². The van der Waals surface area contributed by atoms with Gasteiger partial charge >= 0.3 is 6.03 Å². The molecule has 198 valence electrons. The smallest absolute Gasteiger partial charge is 0.327 e. The van der Waals surface area contributed by atoms with Gasteiger partial charge in [-0.1, -0.05) is 53.0 Å². The average molecular weight is 486 g/mol. The SMILES string of the molecule is CC/C(C)=C\C(O)=C\N1C(O)N(CC(O)CC(C)CC)C(=O)N(CC(O)CC(C)CC)C1OC. The van der Waals surface area contributed by atoms with Crippen LogP contribution in [0.5, 0.6) is 0 Å². The van der Waals surface area contributed by atoms with Crippen molar-refractivity contribution in [3.05, 3.63) is 23.6 Å². The number of hydrogen-bond donors (Lipinski definition) is 4. The summed E-state index contributed by atoms with van der Waals surface area (Å²) in [6, 6.07) is -0.546. The molecule has 0 bridgehead atoms. The Bertz CT molecular complexity index is 686. The van der Waals surface area contributed by atoms with Gasteiger partial charge in [0.1, 0.15) is 5.76 Å². The van der Waals surface area contributed by atoms with Crippen molar-refractivity contribution < 1.29 is 30.0 Å². The number of amides is 2. The Morgan fingerprint density at radius 2 is 1.53 bits per heavy atom. The fourth-order valence-corrected chi connectivity index (χ4v) is 3.92. The normalized spacial score (nSPS) is 23.8. The summed E-state index contributed by atoms with van der Waals surface area (Å²) in [5.74, 6) is 0.432. The molecule has 6 unspecified atom stereocenters. The first kappa shape index (κ1) is 30.2. The monoisotopic (exact) mass is 485 g/mol. The number of aliphatic hydroxyl groups excluding tert-OH is 4. The van der Waals surface area contributed by atoms with E-state index >= 15 is 0 Å². The standard InChI is InChI=1S/C25H47N3O6/c1-8-17(4)11-20(29)14-26-23(32)27(15-21(30)12-18(5)9-2)25(34-7)28(24(26)33)16-22(31)13-19(6)10-3/h12,15,17,19-20,22-23,25,29-32H,8-11,13-14,16H2,1-7H3/b18-12-,21-15-. The predicted molar refractivity (Wildman–Crippen MR) is 132 cm³/mol.